The molecule has 134 valence electrons. The van der Waals surface area contributed by atoms with Crippen LogP contribution >= 0.6 is 0 Å². The topological polar surface area (TPSA) is 84.9 Å². The highest BCUT2D eigenvalue weighted by molar-refractivity contribution is 7.87. The van der Waals surface area contributed by atoms with Crippen molar-refractivity contribution in [3.05, 3.63) is 12.7 Å². The van der Waals surface area contributed by atoms with E-state index in [4.69, 9.17) is 9.47 Å². The standard InChI is InChI=1S/C15H28N2O5S/c1-7-8-11(2)17(12-9-13(10-12)21-6)23(19,20)16-14(18)22-15(3,4)5/h7,11-13H,1,8-10H2,2-6H3,(H,16,18)/t11-,12?,13?/m0/s1. The number of rotatable bonds is 7. The zero-order chi connectivity index (χ0) is 17.8. The van der Waals surface area contributed by atoms with E-state index in [2.05, 4.69) is 6.58 Å². The molecule has 0 unspecified atom stereocenters. The van der Waals surface area contributed by atoms with Crippen LogP contribution in [0.4, 0.5) is 4.79 Å². The lowest BCUT2D eigenvalue weighted by atomic mass is 9.88. The second kappa shape index (κ2) is 7.63. The van der Waals surface area contributed by atoms with Gasteiger partial charge in [-0.05, 0) is 47.0 Å². The number of carbonyl (C=O) groups excluding carboxylic acids is 1. The summed E-state index contributed by atoms with van der Waals surface area (Å²) in [6.45, 7) is 10.5. The third-order valence-corrected chi connectivity index (χ3v) is 5.23. The Labute approximate surface area is 139 Å². The molecule has 1 aliphatic carbocycles. The summed E-state index contributed by atoms with van der Waals surface area (Å²) in [6, 6.07) is -0.509. The minimum absolute atomic E-state index is 0.0511. The van der Waals surface area contributed by atoms with E-state index in [1.54, 1.807) is 40.9 Å². The average molecular weight is 348 g/mol. The molecule has 1 rings (SSSR count). The smallest absolute Gasteiger partial charge is 0.422 e. The van der Waals surface area contributed by atoms with Crippen LogP contribution in [0.2, 0.25) is 0 Å². The van der Waals surface area contributed by atoms with Crippen LogP contribution in [-0.4, -0.2) is 49.7 Å². The number of ether oxygens (including phenoxy) is 2. The molecular weight excluding hydrogens is 320 g/mol. The van der Waals surface area contributed by atoms with Gasteiger partial charge in [-0.25, -0.2) is 9.52 Å². The second-order valence-corrected chi connectivity index (χ2v) is 8.37. The highest BCUT2D eigenvalue weighted by atomic mass is 32.2. The molecule has 0 aliphatic heterocycles. The van der Waals surface area contributed by atoms with Gasteiger partial charge in [0.05, 0.1) is 6.10 Å². The monoisotopic (exact) mass is 348 g/mol. The van der Waals surface area contributed by atoms with Gasteiger partial charge >= 0.3 is 16.3 Å². The van der Waals surface area contributed by atoms with Crippen LogP contribution in [0, 0.1) is 0 Å². The predicted octanol–water partition coefficient (Wildman–Crippen LogP) is 2.20. The normalized spacial score (nSPS) is 23.0. The summed E-state index contributed by atoms with van der Waals surface area (Å²) in [5.41, 5.74) is -0.769. The Hall–Kier alpha value is -1.12. The third kappa shape index (κ3) is 5.78. The Bertz CT molecular complexity index is 520. The number of hydrogen-bond acceptors (Lipinski definition) is 5. The highest BCUT2D eigenvalue weighted by Gasteiger charge is 2.42. The van der Waals surface area contributed by atoms with E-state index >= 15 is 0 Å². The van der Waals surface area contributed by atoms with Gasteiger partial charge in [-0.2, -0.15) is 12.7 Å². The van der Waals surface area contributed by atoms with E-state index in [1.165, 1.54) is 4.31 Å². The average Bonchev–Trinajstić information content (AvgIpc) is 2.29. The number of methoxy groups -OCH3 is 1. The van der Waals surface area contributed by atoms with Gasteiger partial charge in [-0.3, -0.25) is 0 Å². The molecule has 0 heterocycles. The summed E-state index contributed by atoms with van der Waals surface area (Å²) in [4.78, 5) is 11.8. The third-order valence-electron chi connectivity index (χ3n) is 3.59. The number of nitrogens with zero attached hydrogens (tertiary/aromatic N) is 1. The molecule has 0 bridgehead atoms. The van der Waals surface area contributed by atoms with Crippen molar-refractivity contribution in [1.82, 2.24) is 9.03 Å². The molecule has 0 saturated heterocycles. The molecule has 0 aromatic rings. The first-order valence-corrected chi connectivity index (χ1v) is 9.12. The van der Waals surface area contributed by atoms with Crippen molar-refractivity contribution in [2.24, 2.45) is 0 Å². The number of hydrogen-bond donors (Lipinski definition) is 1. The molecule has 0 spiro atoms. The van der Waals surface area contributed by atoms with Gasteiger partial charge < -0.3 is 9.47 Å². The first kappa shape index (κ1) is 19.9. The Balaban J connectivity index is 2.87. The van der Waals surface area contributed by atoms with E-state index in [0.717, 1.165) is 0 Å². The van der Waals surface area contributed by atoms with Crippen LogP contribution in [0.1, 0.15) is 47.0 Å². The number of nitrogens with one attached hydrogen (secondary N) is 1. The largest absolute Gasteiger partial charge is 0.443 e. The second-order valence-electron chi connectivity index (χ2n) is 6.80. The molecule has 1 atom stereocenters. The van der Waals surface area contributed by atoms with Crippen LogP contribution < -0.4 is 4.72 Å². The zero-order valence-corrected chi connectivity index (χ0v) is 15.4. The molecule has 1 aliphatic rings. The van der Waals surface area contributed by atoms with Crippen molar-refractivity contribution in [1.29, 1.82) is 0 Å². The zero-order valence-electron chi connectivity index (χ0n) is 14.5. The van der Waals surface area contributed by atoms with Crippen molar-refractivity contribution in [2.45, 2.75) is 70.7 Å². The van der Waals surface area contributed by atoms with Gasteiger partial charge in [0.2, 0.25) is 0 Å². The van der Waals surface area contributed by atoms with Gasteiger partial charge in [-0.1, -0.05) is 6.08 Å². The fraction of sp³-hybridized carbons (Fsp3) is 0.800. The predicted molar refractivity (Wildman–Crippen MR) is 88.2 cm³/mol. The molecule has 1 N–H and O–H groups in total. The minimum Gasteiger partial charge on any atom is -0.443 e. The fourth-order valence-electron chi connectivity index (χ4n) is 2.53. The number of amides is 1. The fourth-order valence-corrected chi connectivity index (χ4v) is 4.02. The van der Waals surface area contributed by atoms with Gasteiger partial charge in [-0.15, -0.1) is 6.58 Å². The molecule has 7 nitrogen and oxygen atoms in total. The Morgan fingerprint density at radius 1 is 1.43 bits per heavy atom. The maximum atomic E-state index is 12.6. The molecule has 8 heteroatoms. The summed E-state index contributed by atoms with van der Waals surface area (Å²) >= 11 is 0. The Kier molecular flexibility index (Phi) is 6.61. The minimum atomic E-state index is -4.00. The Morgan fingerprint density at radius 3 is 2.43 bits per heavy atom. The van der Waals surface area contributed by atoms with E-state index in [0.29, 0.717) is 19.3 Å². The van der Waals surface area contributed by atoms with E-state index in [1.807, 2.05) is 4.72 Å². The molecule has 23 heavy (non-hydrogen) atoms. The molecule has 1 amide bonds. The summed E-state index contributed by atoms with van der Waals surface area (Å²) < 4.78 is 38.8. The SMILES string of the molecule is C=CC[C@H](C)N(C1CC(OC)C1)S(=O)(=O)NC(=O)OC(C)(C)C. The van der Waals surface area contributed by atoms with Crippen LogP contribution in [0.5, 0.6) is 0 Å². The van der Waals surface area contributed by atoms with Crippen LogP contribution in [-0.2, 0) is 19.7 Å². The van der Waals surface area contributed by atoms with E-state index in [9.17, 15) is 13.2 Å². The molecule has 1 fully saturated rings. The lowest BCUT2D eigenvalue weighted by Gasteiger charge is -2.43. The van der Waals surface area contributed by atoms with Crippen molar-refractivity contribution in [2.75, 3.05) is 7.11 Å². The molecule has 0 radical (unpaired) electrons. The summed E-state index contributed by atoms with van der Waals surface area (Å²) in [5, 5.41) is 0. The lowest BCUT2D eigenvalue weighted by Crippen LogP contribution is -2.57. The van der Waals surface area contributed by atoms with Gasteiger partial charge in [0.1, 0.15) is 5.60 Å². The summed E-state index contributed by atoms with van der Waals surface area (Å²) in [6.07, 6.45) is 2.43. The first-order valence-electron chi connectivity index (χ1n) is 7.68. The first-order chi connectivity index (χ1) is 10.5. The molecular formula is C15H28N2O5S. The quantitative estimate of drug-likeness (QED) is 0.713. The van der Waals surface area contributed by atoms with Crippen LogP contribution in [0.25, 0.3) is 0 Å². The maximum absolute atomic E-state index is 12.6. The summed E-state index contributed by atoms with van der Waals surface area (Å²) in [7, 11) is -2.40. The van der Waals surface area contributed by atoms with E-state index < -0.39 is 21.9 Å². The van der Waals surface area contributed by atoms with Crippen molar-refractivity contribution < 1.29 is 22.7 Å². The van der Waals surface area contributed by atoms with Crippen LogP contribution in [0.15, 0.2) is 12.7 Å². The molecule has 1 saturated carbocycles. The number of carbonyl (C=O) groups is 1. The van der Waals surface area contributed by atoms with Crippen molar-refractivity contribution in [3.63, 3.8) is 0 Å². The Morgan fingerprint density at radius 2 is 2.00 bits per heavy atom. The molecule has 0 aromatic heterocycles. The van der Waals surface area contributed by atoms with Crippen molar-refractivity contribution in [3.8, 4) is 0 Å². The van der Waals surface area contributed by atoms with Crippen LogP contribution in [0.3, 0.4) is 0 Å². The summed E-state index contributed by atoms with van der Waals surface area (Å²) in [5.74, 6) is 0. The highest BCUT2D eigenvalue weighted by Crippen LogP contribution is 2.31. The van der Waals surface area contributed by atoms with Crippen molar-refractivity contribution >= 4 is 16.3 Å². The van der Waals surface area contributed by atoms with Gasteiger partial charge in [0.25, 0.3) is 0 Å². The van der Waals surface area contributed by atoms with Gasteiger partial charge in [0.15, 0.2) is 0 Å². The molecule has 0 aromatic carbocycles. The maximum Gasteiger partial charge on any atom is 0.422 e. The van der Waals surface area contributed by atoms with Gasteiger partial charge in [0, 0.05) is 19.2 Å². The van der Waals surface area contributed by atoms with E-state index in [-0.39, 0.29) is 18.2 Å². The lowest BCUT2D eigenvalue weighted by molar-refractivity contribution is -0.0111.